The van der Waals surface area contributed by atoms with Gasteiger partial charge in [0.25, 0.3) is 0 Å². The number of pyridine rings is 1. The van der Waals surface area contributed by atoms with Crippen LogP contribution in [-0.2, 0) is 0 Å². The van der Waals surface area contributed by atoms with Crippen LogP contribution in [0.1, 0.15) is 6.92 Å². The van der Waals surface area contributed by atoms with Crippen molar-refractivity contribution in [3.63, 3.8) is 0 Å². The van der Waals surface area contributed by atoms with Gasteiger partial charge < -0.3 is 15.4 Å². The number of anilines is 3. The van der Waals surface area contributed by atoms with Crippen LogP contribution in [0.15, 0.2) is 42.5 Å². The van der Waals surface area contributed by atoms with Gasteiger partial charge in [-0.05, 0) is 31.2 Å². The third-order valence-corrected chi connectivity index (χ3v) is 2.45. The summed E-state index contributed by atoms with van der Waals surface area (Å²) in [4.78, 5) is 4.28. The molecule has 1 aromatic heterocycles. The molecular formula is C14H14F3N3O. The van der Waals surface area contributed by atoms with Gasteiger partial charge in [0.2, 0.25) is 0 Å². The van der Waals surface area contributed by atoms with Crippen LogP contribution in [0.25, 0.3) is 0 Å². The quantitative estimate of drug-likeness (QED) is 0.870. The third-order valence-electron chi connectivity index (χ3n) is 2.45. The van der Waals surface area contributed by atoms with Crippen molar-refractivity contribution in [3.05, 3.63) is 42.5 Å². The molecule has 0 atom stereocenters. The lowest BCUT2D eigenvalue weighted by atomic mass is 10.3. The minimum atomic E-state index is -4.71. The van der Waals surface area contributed by atoms with Crippen molar-refractivity contribution in [2.75, 3.05) is 17.2 Å². The summed E-state index contributed by atoms with van der Waals surface area (Å²) >= 11 is 0. The molecule has 7 heteroatoms. The summed E-state index contributed by atoms with van der Waals surface area (Å²) < 4.78 is 40.4. The van der Waals surface area contributed by atoms with Crippen molar-refractivity contribution >= 4 is 17.3 Å². The summed E-state index contributed by atoms with van der Waals surface area (Å²) in [7, 11) is 0. The van der Waals surface area contributed by atoms with Crippen molar-refractivity contribution in [1.82, 2.24) is 4.98 Å². The molecule has 1 heterocycles. The minimum absolute atomic E-state index is 0.282. The highest BCUT2D eigenvalue weighted by Crippen LogP contribution is 2.26. The van der Waals surface area contributed by atoms with E-state index < -0.39 is 6.36 Å². The maximum Gasteiger partial charge on any atom is 0.573 e. The fraction of sp³-hybridized carbons (Fsp3) is 0.214. The van der Waals surface area contributed by atoms with Crippen LogP contribution >= 0.6 is 0 Å². The van der Waals surface area contributed by atoms with Crippen molar-refractivity contribution in [2.45, 2.75) is 13.3 Å². The average molecular weight is 297 g/mol. The Hall–Kier alpha value is -2.44. The lowest BCUT2D eigenvalue weighted by Gasteiger charge is -2.11. The van der Waals surface area contributed by atoms with Crippen LogP contribution in [0.3, 0.4) is 0 Å². The Labute approximate surface area is 120 Å². The van der Waals surface area contributed by atoms with E-state index in [0.717, 1.165) is 6.54 Å². The highest BCUT2D eigenvalue weighted by atomic mass is 19.4. The second-order valence-corrected chi connectivity index (χ2v) is 4.14. The molecule has 0 radical (unpaired) electrons. The molecule has 0 bridgehead atoms. The molecule has 112 valence electrons. The van der Waals surface area contributed by atoms with Gasteiger partial charge in [0.15, 0.2) is 0 Å². The molecule has 0 fully saturated rings. The van der Waals surface area contributed by atoms with Crippen molar-refractivity contribution in [3.8, 4) is 5.75 Å². The standard InChI is InChI=1S/C14H14F3N3O/c1-2-18-12-7-4-8-13(20-12)19-10-5-3-6-11(9-10)21-14(15,16)17/h3-9H,2H2,1H3,(H2,18,19,20). The number of halogens is 3. The average Bonchev–Trinajstić information content (AvgIpc) is 2.38. The summed E-state index contributed by atoms with van der Waals surface area (Å²) in [6.45, 7) is 2.67. The molecule has 0 aliphatic heterocycles. The van der Waals surface area contributed by atoms with Crippen LogP contribution < -0.4 is 15.4 Å². The Balaban J connectivity index is 2.12. The second kappa shape index (κ2) is 6.34. The van der Waals surface area contributed by atoms with E-state index in [2.05, 4.69) is 20.4 Å². The first-order valence-electron chi connectivity index (χ1n) is 6.30. The topological polar surface area (TPSA) is 46.2 Å². The number of hydrogen-bond donors (Lipinski definition) is 2. The first-order chi connectivity index (χ1) is 9.96. The van der Waals surface area contributed by atoms with E-state index >= 15 is 0 Å². The van der Waals surface area contributed by atoms with Crippen LogP contribution in [-0.4, -0.2) is 17.9 Å². The smallest absolute Gasteiger partial charge is 0.406 e. The molecule has 0 aliphatic carbocycles. The molecule has 2 N–H and O–H groups in total. The van der Waals surface area contributed by atoms with Gasteiger partial charge in [0, 0.05) is 18.3 Å². The maximum atomic E-state index is 12.2. The zero-order valence-electron chi connectivity index (χ0n) is 11.2. The number of hydrogen-bond acceptors (Lipinski definition) is 4. The largest absolute Gasteiger partial charge is 0.573 e. The number of rotatable bonds is 5. The van der Waals surface area contributed by atoms with E-state index in [1.54, 1.807) is 24.3 Å². The van der Waals surface area contributed by atoms with Crippen molar-refractivity contribution < 1.29 is 17.9 Å². The van der Waals surface area contributed by atoms with E-state index in [9.17, 15) is 13.2 Å². The Morgan fingerprint density at radius 3 is 2.52 bits per heavy atom. The van der Waals surface area contributed by atoms with Gasteiger partial charge in [-0.25, -0.2) is 4.98 Å². The van der Waals surface area contributed by atoms with Gasteiger partial charge in [0.1, 0.15) is 17.4 Å². The first-order valence-corrected chi connectivity index (χ1v) is 6.30. The molecule has 0 spiro atoms. The van der Waals surface area contributed by atoms with Gasteiger partial charge in [-0.15, -0.1) is 13.2 Å². The Kier molecular flexibility index (Phi) is 4.52. The van der Waals surface area contributed by atoms with E-state index in [-0.39, 0.29) is 5.75 Å². The summed E-state index contributed by atoms with van der Waals surface area (Å²) in [5.74, 6) is 0.929. The van der Waals surface area contributed by atoms with Crippen LogP contribution in [0, 0.1) is 0 Å². The number of aromatic nitrogens is 1. The van der Waals surface area contributed by atoms with E-state index in [0.29, 0.717) is 17.3 Å². The van der Waals surface area contributed by atoms with Gasteiger partial charge >= 0.3 is 6.36 Å². The lowest BCUT2D eigenvalue weighted by molar-refractivity contribution is -0.274. The predicted molar refractivity (Wildman–Crippen MR) is 74.8 cm³/mol. The van der Waals surface area contributed by atoms with Crippen LogP contribution in [0.4, 0.5) is 30.5 Å². The second-order valence-electron chi connectivity index (χ2n) is 4.14. The molecule has 4 nitrogen and oxygen atoms in total. The Bertz CT molecular complexity index is 602. The zero-order valence-corrected chi connectivity index (χ0v) is 11.2. The van der Waals surface area contributed by atoms with Gasteiger partial charge in [-0.1, -0.05) is 12.1 Å². The zero-order chi connectivity index (χ0) is 15.3. The van der Waals surface area contributed by atoms with E-state index in [1.165, 1.54) is 18.2 Å². The summed E-state index contributed by atoms with van der Waals surface area (Å²) in [5, 5.41) is 5.98. The minimum Gasteiger partial charge on any atom is -0.406 e. The van der Waals surface area contributed by atoms with Crippen LogP contribution in [0.2, 0.25) is 0 Å². The molecule has 0 aliphatic rings. The molecule has 0 saturated heterocycles. The van der Waals surface area contributed by atoms with Gasteiger partial charge in [-0.3, -0.25) is 0 Å². The molecule has 0 amide bonds. The summed E-state index contributed by atoms with van der Waals surface area (Å²) in [6.07, 6.45) is -4.71. The SMILES string of the molecule is CCNc1cccc(Nc2cccc(OC(F)(F)F)c2)n1. The lowest BCUT2D eigenvalue weighted by Crippen LogP contribution is -2.17. The highest BCUT2D eigenvalue weighted by molar-refractivity contribution is 5.59. The summed E-state index contributed by atoms with van der Waals surface area (Å²) in [5.41, 5.74) is 0.456. The normalized spacial score (nSPS) is 11.0. The van der Waals surface area contributed by atoms with E-state index in [4.69, 9.17) is 0 Å². The first kappa shape index (κ1) is 15.0. The monoisotopic (exact) mass is 297 g/mol. The molecule has 2 aromatic rings. The predicted octanol–water partition coefficient (Wildman–Crippen LogP) is 4.16. The molecule has 0 unspecified atom stereocenters. The number of benzene rings is 1. The van der Waals surface area contributed by atoms with E-state index in [1.807, 2.05) is 6.92 Å². The molecule has 2 rings (SSSR count). The molecule has 21 heavy (non-hydrogen) atoms. The van der Waals surface area contributed by atoms with Crippen molar-refractivity contribution in [2.24, 2.45) is 0 Å². The molecule has 0 saturated carbocycles. The number of ether oxygens (including phenoxy) is 1. The maximum absolute atomic E-state index is 12.2. The van der Waals surface area contributed by atoms with Gasteiger partial charge in [-0.2, -0.15) is 0 Å². The number of nitrogens with one attached hydrogen (secondary N) is 2. The fourth-order valence-corrected chi connectivity index (χ4v) is 1.70. The summed E-state index contributed by atoms with van der Waals surface area (Å²) in [6, 6.07) is 10.9. The van der Waals surface area contributed by atoms with Crippen molar-refractivity contribution in [1.29, 1.82) is 0 Å². The highest BCUT2D eigenvalue weighted by Gasteiger charge is 2.31. The third kappa shape index (κ3) is 4.87. The van der Waals surface area contributed by atoms with Gasteiger partial charge in [0.05, 0.1) is 0 Å². The van der Waals surface area contributed by atoms with Crippen LogP contribution in [0.5, 0.6) is 5.75 Å². The number of alkyl halides is 3. The fourth-order valence-electron chi connectivity index (χ4n) is 1.70. The molecule has 1 aromatic carbocycles. The molecular weight excluding hydrogens is 283 g/mol. The Morgan fingerprint density at radius 2 is 1.81 bits per heavy atom. The number of nitrogens with zero attached hydrogens (tertiary/aromatic N) is 1. The Morgan fingerprint density at radius 1 is 1.10 bits per heavy atom.